The van der Waals surface area contributed by atoms with Gasteiger partial charge in [0.2, 0.25) is 10.0 Å². The fourth-order valence-electron chi connectivity index (χ4n) is 3.55. The molecule has 0 radical (unpaired) electrons. The first-order valence-corrected chi connectivity index (χ1v) is 11.3. The number of halogens is 1. The Morgan fingerprint density at radius 3 is 2.72 bits per heavy atom. The lowest BCUT2D eigenvalue weighted by molar-refractivity contribution is -0.0455. The van der Waals surface area contributed by atoms with E-state index in [0.29, 0.717) is 10.4 Å². The first-order valence-electron chi connectivity index (χ1n) is 9.04. The summed E-state index contributed by atoms with van der Waals surface area (Å²) in [4.78, 5) is 0.364. The van der Waals surface area contributed by atoms with Crippen LogP contribution in [-0.2, 0) is 14.8 Å². The van der Waals surface area contributed by atoms with E-state index >= 15 is 0 Å². The summed E-state index contributed by atoms with van der Waals surface area (Å²) in [6, 6.07) is 11.1. The molecular weight excluding hydrogens is 417 g/mol. The molecule has 154 valence electrons. The van der Waals surface area contributed by atoms with E-state index in [9.17, 15) is 23.0 Å². The van der Waals surface area contributed by atoms with E-state index in [1.165, 1.54) is 34.7 Å². The molecular formula is C20H20FNO5S2. The second-order valence-corrected chi connectivity index (χ2v) is 9.91. The van der Waals surface area contributed by atoms with Crippen molar-refractivity contribution in [3.8, 4) is 0 Å². The summed E-state index contributed by atoms with van der Waals surface area (Å²) in [7, 11) is -3.85. The van der Waals surface area contributed by atoms with Crippen molar-refractivity contribution >= 4 is 31.4 Å². The number of morpholine rings is 1. The van der Waals surface area contributed by atoms with Gasteiger partial charge in [-0.25, -0.2) is 12.8 Å². The molecule has 6 nitrogen and oxygen atoms in total. The zero-order chi connectivity index (χ0) is 20.8. The molecule has 1 saturated heterocycles. The van der Waals surface area contributed by atoms with Crippen molar-refractivity contribution in [2.24, 2.45) is 0 Å². The van der Waals surface area contributed by atoms with Gasteiger partial charge in [0, 0.05) is 23.4 Å². The largest absolute Gasteiger partial charge is 0.371 e. The van der Waals surface area contributed by atoms with Crippen LogP contribution in [0.4, 0.5) is 4.39 Å². The minimum Gasteiger partial charge on any atom is -0.371 e. The predicted octanol–water partition coefficient (Wildman–Crippen LogP) is 3.09. The number of aliphatic hydroxyl groups excluding tert-OH is 1. The van der Waals surface area contributed by atoms with Gasteiger partial charge in [0.25, 0.3) is 0 Å². The summed E-state index contributed by atoms with van der Waals surface area (Å²) in [6.45, 7) is 1.87. The maximum atomic E-state index is 13.6. The average Bonchev–Trinajstić information content (AvgIpc) is 3.10. The topological polar surface area (TPSA) is 87.1 Å². The molecule has 1 fully saturated rings. The van der Waals surface area contributed by atoms with Gasteiger partial charge in [0.1, 0.15) is 5.82 Å². The Morgan fingerprint density at radius 2 is 2.00 bits per heavy atom. The Balaban J connectivity index is 1.71. The van der Waals surface area contributed by atoms with Crippen LogP contribution < -0.4 is 0 Å². The van der Waals surface area contributed by atoms with Gasteiger partial charge in [-0.1, -0.05) is 18.2 Å². The summed E-state index contributed by atoms with van der Waals surface area (Å²) < 4.78 is 47.8. The van der Waals surface area contributed by atoms with E-state index in [4.69, 9.17) is 4.74 Å². The molecule has 29 heavy (non-hydrogen) atoms. The van der Waals surface area contributed by atoms with Gasteiger partial charge < -0.3 is 14.9 Å². The molecule has 3 aromatic rings. The number of aryl methyl sites for hydroxylation is 1. The van der Waals surface area contributed by atoms with Gasteiger partial charge in [-0.3, -0.25) is 0 Å². The van der Waals surface area contributed by atoms with Gasteiger partial charge in [0.15, 0.2) is 6.29 Å². The highest BCUT2D eigenvalue weighted by atomic mass is 32.2. The van der Waals surface area contributed by atoms with Crippen molar-refractivity contribution in [1.29, 1.82) is 0 Å². The fourth-order valence-corrected chi connectivity index (χ4v) is 6.19. The van der Waals surface area contributed by atoms with Gasteiger partial charge in [-0.2, -0.15) is 4.31 Å². The molecule has 2 heterocycles. The average molecular weight is 438 g/mol. The number of hydrogen-bond donors (Lipinski definition) is 2. The minimum atomic E-state index is -3.85. The van der Waals surface area contributed by atoms with E-state index in [0.717, 1.165) is 16.2 Å². The summed E-state index contributed by atoms with van der Waals surface area (Å²) in [6.07, 6.45) is -2.33. The standard InChI is InChI=1S/C20H20FNO5S2/c1-12-10-13(6-7-15(12)21)29(25,26)22-8-9-27-16(11-22)18-14-4-2-3-5-17(14)28-19(18)20(23)24/h2-7,10,16,20,23-24H,8-9,11H2,1H3. The molecule has 2 N–H and O–H groups in total. The van der Waals surface area contributed by atoms with E-state index in [-0.39, 0.29) is 30.2 Å². The molecule has 1 aliphatic rings. The Hall–Kier alpha value is -1.88. The number of thiophene rings is 1. The Bertz CT molecular complexity index is 1160. The van der Waals surface area contributed by atoms with Crippen molar-refractivity contribution in [1.82, 2.24) is 4.31 Å². The van der Waals surface area contributed by atoms with Crippen molar-refractivity contribution < 1.29 is 27.8 Å². The monoisotopic (exact) mass is 437 g/mol. The smallest absolute Gasteiger partial charge is 0.243 e. The lowest BCUT2D eigenvalue weighted by Gasteiger charge is -2.33. The van der Waals surface area contributed by atoms with Crippen LogP contribution in [0.3, 0.4) is 0 Å². The van der Waals surface area contributed by atoms with Crippen molar-refractivity contribution in [2.45, 2.75) is 24.2 Å². The quantitative estimate of drug-likeness (QED) is 0.613. The molecule has 0 bridgehead atoms. The maximum absolute atomic E-state index is 13.6. The Morgan fingerprint density at radius 1 is 1.24 bits per heavy atom. The summed E-state index contributed by atoms with van der Waals surface area (Å²) in [5.41, 5.74) is 0.848. The van der Waals surface area contributed by atoms with E-state index in [1.807, 2.05) is 24.3 Å². The zero-order valence-corrected chi connectivity index (χ0v) is 17.2. The second kappa shape index (κ2) is 7.75. The van der Waals surface area contributed by atoms with Gasteiger partial charge in [0.05, 0.1) is 22.5 Å². The number of nitrogens with zero attached hydrogens (tertiary/aromatic N) is 1. The van der Waals surface area contributed by atoms with E-state index in [2.05, 4.69) is 0 Å². The molecule has 2 aromatic carbocycles. The normalized spacial score (nSPS) is 18.6. The summed E-state index contributed by atoms with van der Waals surface area (Å²) in [5.74, 6) is -0.463. The van der Waals surface area contributed by atoms with Crippen molar-refractivity contribution in [3.63, 3.8) is 0 Å². The summed E-state index contributed by atoms with van der Waals surface area (Å²) >= 11 is 1.24. The summed E-state index contributed by atoms with van der Waals surface area (Å²) in [5, 5.41) is 20.5. The number of rotatable bonds is 4. The second-order valence-electron chi connectivity index (χ2n) is 6.88. The molecule has 1 aliphatic heterocycles. The van der Waals surface area contributed by atoms with Crippen LogP contribution in [0.5, 0.6) is 0 Å². The fraction of sp³-hybridized carbons (Fsp3) is 0.300. The third-order valence-electron chi connectivity index (χ3n) is 5.02. The van der Waals surface area contributed by atoms with Crippen LogP contribution in [0.1, 0.15) is 28.4 Å². The lowest BCUT2D eigenvalue weighted by atomic mass is 10.0. The van der Waals surface area contributed by atoms with Crippen molar-refractivity contribution in [3.05, 3.63) is 64.3 Å². The van der Waals surface area contributed by atoms with Crippen LogP contribution in [0, 0.1) is 12.7 Å². The highest BCUT2D eigenvalue weighted by Crippen LogP contribution is 2.41. The number of ether oxygens (including phenoxy) is 1. The molecule has 1 aromatic heterocycles. The predicted molar refractivity (Wildman–Crippen MR) is 108 cm³/mol. The molecule has 1 unspecified atom stereocenters. The van der Waals surface area contributed by atoms with Crippen LogP contribution in [0.2, 0.25) is 0 Å². The van der Waals surface area contributed by atoms with Crippen molar-refractivity contribution in [2.75, 3.05) is 19.7 Å². The highest BCUT2D eigenvalue weighted by molar-refractivity contribution is 7.89. The minimum absolute atomic E-state index is 0.0228. The van der Waals surface area contributed by atoms with Crippen LogP contribution in [-0.4, -0.2) is 42.6 Å². The number of aliphatic hydroxyl groups is 2. The molecule has 0 aliphatic carbocycles. The van der Waals surface area contributed by atoms with Gasteiger partial charge >= 0.3 is 0 Å². The van der Waals surface area contributed by atoms with Crippen LogP contribution in [0.25, 0.3) is 10.1 Å². The van der Waals surface area contributed by atoms with E-state index in [1.54, 1.807) is 0 Å². The molecule has 9 heteroatoms. The molecule has 0 spiro atoms. The Labute approximate surface area is 171 Å². The van der Waals surface area contributed by atoms with Crippen LogP contribution >= 0.6 is 11.3 Å². The maximum Gasteiger partial charge on any atom is 0.243 e. The third kappa shape index (κ3) is 3.70. The Kier molecular flexibility index (Phi) is 5.45. The molecule has 0 saturated carbocycles. The first-order chi connectivity index (χ1) is 13.8. The van der Waals surface area contributed by atoms with Gasteiger partial charge in [-0.15, -0.1) is 11.3 Å². The molecule has 1 atom stereocenters. The van der Waals surface area contributed by atoms with E-state index < -0.39 is 28.2 Å². The third-order valence-corrected chi connectivity index (χ3v) is 8.10. The van der Waals surface area contributed by atoms with Crippen LogP contribution in [0.15, 0.2) is 47.4 Å². The lowest BCUT2D eigenvalue weighted by Crippen LogP contribution is -2.42. The number of benzene rings is 2. The first kappa shape index (κ1) is 20.4. The van der Waals surface area contributed by atoms with Gasteiger partial charge in [-0.05, 0) is 42.1 Å². The number of hydrogen-bond acceptors (Lipinski definition) is 6. The zero-order valence-electron chi connectivity index (χ0n) is 15.6. The number of sulfonamides is 1. The molecule has 4 rings (SSSR count). The highest BCUT2D eigenvalue weighted by Gasteiger charge is 2.34. The number of fused-ring (bicyclic) bond motifs is 1. The molecule has 0 amide bonds. The SMILES string of the molecule is Cc1cc(S(=O)(=O)N2CCOC(c3c(C(O)O)sc4ccccc34)C2)ccc1F.